The van der Waals surface area contributed by atoms with E-state index in [0.717, 1.165) is 37.8 Å². The number of likely N-dealkylation sites (tertiary alicyclic amines) is 1. The van der Waals surface area contributed by atoms with E-state index in [4.69, 9.17) is 9.47 Å². The summed E-state index contributed by atoms with van der Waals surface area (Å²) in [6.45, 7) is 1.87. The van der Waals surface area contributed by atoms with Crippen molar-refractivity contribution in [2.45, 2.75) is 43.9 Å². The highest BCUT2D eigenvalue weighted by Crippen LogP contribution is 2.26. The van der Waals surface area contributed by atoms with Crippen molar-refractivity contribution in [1.82, 2.24) is 15.2 Å². The first-order valence-corrected chi connectivity index (χ1v) is 8.34. The maximum absolute atomic E-state index is 12.5. The van der Waals surface area contributed by atoms with E-state index in [1.807, 2.05) is 17.2 Å². The number of carbonyl (C=O) groups is 1. The second-order valence-corrected chi connectivity index (χ2v) is 6.24. The molecule has 126 valence electrons. The molecule has 2 heterocycles. The number of hydrogen-bond acceptors (Lipinski definition) is 4. The van der Waals surface area contributed by atoms with Gasteiger partial charge in [-0.05, 0) is 37.3 Å². The number of rotatable bonds is 7. The molecule has 0 radical (unpaired) electrons. The van der Waals surface area contributed by atoms with Crippen LogP contribution in [0.1, 0.15) is 24.8 Å². The van der Waals surface area contributed by atoms with Gasteiger partial charge in [0.2, 0.25) is 0 Å². The second-order valence-electron chi connectivity index (χ2n) is 6.24. The van der Waals surface area contributed by atoms with Gasteiger partial charge in [0.1, 0.15) is 0 Å². The van der Waals surface area contributed by atoms with Gasteiger partial charge in [-0.15, -0.1) is 0 Å². The lowest BCUT2D eigenvalue weighted by molar-refractivity contribution is 0.00330. The van der Waals surface area contributed by atoms with Gasteiger partial charge in [0.05, 0.1) is 25.4 Å². The van der Waals surface area contributed by atoms with E-state index in [1.165, 1.54) is 0 Å². The minimum absolute atomic E-state index is 0.0410. The summed E-state index contributed by atoms with van der Waals surface area (Å²) in [5, 5.41) is 3.09. The van der Waals surface area contributed by atoms with Gasteiger partial charge in [-0.3, -0.25) is 4.98 Å². The Morgan fingerprint density at radius 2 is 2.26 bits per heavy atom. The molecule has 0 unspecified atom stereocenters. The highest BCUT2D eigenvalue weighted by atomic mass is 16.5. The number of aromatic nitrogens is 1. The second kappa shape index (κ2) is 7.75. The predicted octanol–water partition coefficient (Wildman–Crippen LogP) is 1.60. The molecule has 1 aliphatic carbocycles. The summed E-state index contributed by atoms with van der Waals surface area (Å²) in [5.74, 6) is 0. The van der Waals surface area contributed by atoms with Gasteiger partial charge >= 0.3 is 6.03 Å². The smallest absolute Gasteiger partial charge is 0.317 e. The first-order valence-electron chi connectivity index (χ1n) is 8.34. The molecular formula is C17H25N3O3. The molecule has 1 aromatic rings. The summed E-state index contributed by atoms with van der Waals surface area (Å²) in [7, 11) is 1.67. The highest BCUT2D eigenvalue weighted by molar-refractivity contribution is 5.75. The monoisotopic (exact) mass is 319 g/mol. The molecule has 1 saturated heterocycles. The molecular weight excluding hydrogens is 294 g/mol. The summed E-state index contributed by atoms with van der Waals surface area (Å²) in [4.78, 5) is 18.6. The number of nitrogens with zero attached hydrogens (tertiary/aromatic N) is 2. The van der Waals surface area contributed by atoms with Crippen molar-refractivity contribution in [3.05, 3.63) is 30.1 Å². The number of ether oxygens (including phenoxy) is 2. The SMILES string of the molecule is COCCO[C@H]1CCN(C(=O)NC2CC2)[C@H]1Cc1cccnc1. The van der Waals surface area contributed by atoms with Crippen LogP contribution < -0.4 is 5.32 Å². The number of urea groups is 1. The number of hydrogen-bond donors (Lipinski definition) is 1. The van der Waals surface area contributed by atoms with Crippen molar-refractivity contribution in [3.8, 4) is 0 Å². The molecule has 2 atom stereocenters. The zero-order valence-corrected chi connectivity index (χ0v) is 13.6. The predicted molar refractivity (Wildman–Crippen MR) is 86.2 cm³/mol. The number of methoxy groups -OCH3 is 1. The normalized spacial score (nSPS) is 24.0. The third-order valence-electron chi connectivity index (χ3n) is 4.44. The molecule has 0 aromatic carbocycles. The standard InChI is InChI=1S/C17H25N3O3/c1-22-9-10-23-16-6-8-20(17(21)19-14-4-5-14)15(16)11-13-3-2-7-18-12-13/h2-3,7,12,14-16H,4-6,8-11H2,1H3,(H,19,21)/t15-,16-/m0/s1. The van der Waals surface area contributed by atoms with Crippen molar-refractivity contribution < 1.29 is 14.3 Å². The summed E-state index contributed by atoms with van der Waals surface area (Å²) < 4.78 is 11.0. The molecule has 1 N–H and O–H groups in total. The molecule has 1 aromatic heterocycles. The Morgan fingerprint density at radius 1 is 1.39 bits per heavy atom. The minimum atomic E-state index is 0.0410. The fourth-order valence-corrected chi connectivity index (χ4v) is 3.04. The van der Waals surface area contributed by atoms with Crippen LogP contribution in [0.25, 0.3) is 0 Å². The minimum Gasteiger partial charge on any atom is -0.382 e. The fourth-order valence-electron chi connectivity index (χ4n) is 3.04. The first kappa shape index (κ1) is 16.2. The third kappa shape index (κ3) is 4.42. The molecule has 1 aliphatic heterocycles. The third-order valence-corrected chi connectivity index (χ3v) is 4.44. The van der Waals surface area contributed by atoms with Crippen LogP contribution in [-0.2, 0) is 15.9 Å². The van der Waals surface area contributed by atoms with Crippen LogP contribution in [0.3, 0.4) is 0 Å². The van der Waals surface area contributed by atoms with E-state index >= 15 is 0 Å². The molecule has 23 heavy (non-hydrogen) atoms. The fraction of sp³-hybridized carbons (Fsp3) is 0.647. The molecule has 6 nitrogen and oxygen atoms in total. The van der Waals surface area contributed by atoms with E-state index in [2.05, 4.69) is 16.4 Å². The van der Waals surface area contributed by atoms with Crippen molar-refractivity contribution in [1.29, 1.82) is 0 Å². The van der Waals surface area contributed by atoms with Gasteiger partial charge < -0.3 is 19.7 Å². The average Bonchev–Trinajstić information content (AvgIpc) is 3.29. The molecule has 3 rings (SSSR count). The van der Waals surface area contributed by atoms with Crippen LogP contribution in [0.15, 0.2) is 24.5 Å². The molecule has 2 fully saturated rings. The Kier molecular flexibility index (Phi) is 5.46. The summed E-state index contributed by atoms with van der Waals surface area (Å²) >= 11 is 0. The van der Waals surface area contributed by atoms with Crippen LogP contribution in [-0.4, -0.2) is 61.0 Å². The molecule has 2 aliphatic rings. The Morgan fingerprint density at radius 3 is 2.96 bits per heavy atom. The largest absolute Gasteiger partial charge is 0.382 e. The van der Waals surface area contributed by atoms with Gasteiger partial charge in [0.15, 0.2) is 0 Å². The van der Waals surface area contributed by atoms with Crippen molar-refractivity contribution >= 4 is 6.03 Å². The molecule has 1 saturated carbocycles. The van der Waals surface area contributed by atoms with E-state index in [0.29, 0.717) is 19.3 Å². The van der Waals surface area contributed by atoms with Gasteiger partial charge in [0.25, 0.3) is 0 Å². The Labute approximate surface area is 137 Å². The number of amides is 2. The lowest BCUT2D eigenvalue weighted by Gasteiger charge is -2.28. The first-order chi connectivity index (χ1) is 11.3. The number of nitrogens with one attached hydrogen (secondary N) is 1. The van der Waals surface area contributed by atoms with E-state index in [9.17, 15) is 4.79 Å². The summed E-state index contributed by atoms with van der Waals surface area (Å²) in [5.41, 5.74) is 1.13. The summed E-state index contributed by atoms with van der Waals surface area (Å²) in [6.07, 6.45) is 7.51. The van der Waals surface area contributed by atoms with Gasteiger partial charge in [0, 0.05) is 32.1 Å². The Balaban J connectivity index is 1.66. The van der Waals surface area contributed by atoms with Crippen LogP contribution in [0, 0.1) is 0 Å². The Hall–Kier alpha value is -1.66. The lowest BCUT2D eigenvalue weighted by atomic mass is 10.0. The van der Waals surface area contributed by atoms with Crippen molar-refractivity contribution in [2.75, 3.05) is 26.9 Å². The van der Waals surface area contributed by atoms with Gasteiger partial charge in [-0.2, -0.15) is 0 Å². The maximum Gasteiger partial charge on any atom is 0.317 e. The van der Waals surface area contributed by atoms with Crippen LogP contribution >= 0.6 is 0 Å². The highest BCUT2D eigenvalue weighted by Gasteiger charge is 2.39. The average molecular weight is 319 g/mol. The lowest BCUT2D eigenvalue weighted by Crippen LogP contribution is -2.47. The summed E-state index contributed by atoms with van der Waals surface area (Å²) in [6, 6.07) is 4.44. The Bertz CT molecular complexity index is 507. The van der Waals surface area contributed by atoms with E-state index in [-0.39, 0.29) is 18.2 Å². The number of pyridine rings is 1. The molecule has 6 heteroatoms. The van der Waals surface area contributed by atoms with E-state index < -0.39 is 0 Å². The number of carbonyl (C=O) groups excluding carboxylic acids is 1. The topological polar surface area (TPSA) is 63.7 Å². The van der Waals surface area contributed by atoms with Gasteiger partial charge in [-0.25, -0.2) is 4.79 Å². The van der Waals surface area contributed by atoms with Crippen LogP contribution in [0.2, 0.25) is 0 Å². The van der Waals surface area contributed by atoms with Crippen molar-refractivity contribution in [3.63, 3.8) is 0 Å². The van der Waals surface area contributed by atoms with Crippen LogP contribution in [0.5, 0.6) is 0 Å². The van der Waals surface area contributed by atoms with E-state index in [1.54, 1.807) is 13.3 Å². The molecule has 0 bridgehead atoms. The maximum atomic E-state index is 12.5. The van der Waals surface area contributed by atoms with Gasteiger partial charge in [-0.1, -0.05) is 6.07 Å². The van der Waals surface area contributed by atoms with Crippen LogP contribution in [0.4, 0.5) is 4.79 Å². The zero-order chi connectivity index (χ0) is 16.1. The molecule has 2 amide bonds. The van der Waals surface area contributed by atoms with Crippen molar-refractivity contribution in [2.24, 2.45) is 0 Å². The zero-order valence-electron chi connectivity index (χ0n) is 13.6. The molecule has 0 spiro atoms. The quantitative estimate of drug-likeness (QED) is 0.776.